The van der Waals surface area contributed by atoms with Gasteiger partial charge in [-0.1, -0.05) is 0 Å². The van der Waals surface area contributed by atoms with Crippen molar-refractivity contribution in [2.45, 2.75) is 11.3 Å². The molecule has 4 nitrogen and oxygen atoms in total. The highest BCUT2D eigenvalue weighted by atomic mass is 35.7. The van der Waals surface area contributed by atoms with Crippen LogP contribution < -0.4 is 5.01 Å². The highest BCUT2D eigenvalue weighted by molar-refractivity contribution is 8.13. The molecule has 0 N–H and O–H groups in total. The van der Waals surface area contributed by atoms with Crippen LogP contribution in [0.3, 0.4) is 0 Å². The van der Waals surface area contributed by atoms with Gasteiger partial charge in [-0.15, -0.1) is 0 Å². The predicted octanol–water partition coefficient (Wildman–Crippen LogP) is 1.81. The molecule has 0 aromatic heterocycles. The lowest BCUT2D eigenvalue weighted by Crippen LogP contribution is -2.11. The average molecular weight is 245 g/mol. The molecule has 0 amide bonds. The third-order valence-electron chi connectivity index (χ3n) is 2.11. The van der Waals surface area contributed by atoms with E-state index in [0.29, 0.717) is 0 Å². The van der Waals surface area contributed by atoms with E-state index in [2.05, 4.69) is 5.10 Å². The van der Waals surface area contributed by atoms with Gasteiger partial charge in [-0.2, -0.15) is 5.10 Å². The quantitative estimate of drug-likeness (QED) is 0.746. The van der Waals surface area contributed by atoms with Gasteiger partial charge in [0.25, 0.3) is 9.05 Å². The van der Waals surface area contributed by atoms with Gasteiger partial charge in [0.05, 0.1) is 10.6 Å². The molecule has 1 aliphatic rings. The van der Waals surface area contributed by atoms with E-state index in [1.54, 1.807) is 12.1 Å². The van der Waals surface area contributed by atoms with E-state index in [1.165, 1.54) is 12.1 Å². The minimum Gasteiger partial charge on any atom is -0.266 e. The molecule has 1 heterocycles. The zero-order valence-corrected chi connectivity index (χ0v) is 9.37. The van der Waals surface area contributed by atoms with Crippen LogP contribution in [0.1, 0.15) is 6.42 Å². The first-order valence-corrected chi connectivity index (χ1v) is 6.73. The van der Waals surface area contributed by atoms with Gasteiger partial charge in [0.15, 0.2) is 0 Å². The van der Waals surface area contributed by atoms with Crippen molar-refractivity contribution < 1.29 is 8.42 Å². The third kappa shape index (κ3) is 2.30. The van der Waals surface area contributed by atoms with Crippen molar-refractivity contribution in [2.24, 2.45) is 5.10 Å². The summed E-state index contributed by atoms with van der Waals surface area (Å²) in [6.45, 7) is 0.826. The second-order valence-electron chi connectivity index (χ2n) is 3.14. The summed E-state index contributed by atoms with van der Waals surface area (Å²) >= 11 is 0. The molecule has 0 atom stereocenters. The molecule has 0 saturated heterocycles. The maximum atomic E-state index is 11.0. The molecule has 80 valence electrons. The summed E-state index contributed by atoms with van der Waals surface area (Å²) in [4.78, 5) is 0.107. The van der Waals surface area contributed by atoms with Gasteiger partial charge in [0.2, 0.25) is 0 Å². The summed E-state index contributed by atoms with van der Waals surface area (Å²) in [6, 6.07) is 6.34. The predicted molar refractivity (Wildman–Crippen MR) is 59.9 cm³/mol. The molecule has 0 bridgehead atoms. The molecule has 6 heteroatoms. The SMILES string of the molecule is O=S(=O)(Cl)c1ccc(N2CCC=N2)cc1. The second kappa shape index (κ2) is 3.83. The molecule has 0 saturated carbocycles. The van der Waals surface area contributed by atoms with Gasteiger partial charge in [0, 0.05) is 29.9 Å². The van der Waals surface area contributed by atoms with Crippen molar-refractivity contribution in [3.05, 3.63) is 24.3 Å². The fourth-order valence-electron chi connectivity index (χ4n) is 1.37. The Hall–Kier alpha value is -1.07. The molecule has 0 fully saturated rings. The number of nitrogens with zero attached hydrogens (tertiary/aromatic N) is 2. The lowest BCUT2D eigenvalue weighted by Gasteiger charge is -2.13. The number of hydrogen-bond acceptors (Lipinski definition) is 4. The maximum Gasteiger partial charge on any atom is 0.261 e. The van der Waals surface area contributed by atoms with E-state index in [-0.39, 0.29) is 4.90 Å². The number of anilines is 1. The normalized spacial score (nSPS) is 15.9. The molecule has 1 aliphatic heterocycles. The van der Waals surface area contributed by atoms with Crippen molar-refractivity contribution in [1.29, 1.82) is 0 Å². The number of halogens is 1. The Morgan fingerprint density at radius 2 is 1.93 bits per heavy atom. The maximum absolute atomic E-state index is 11.0. The standard InChI is InChI=1S/C9H9ClN2O2S/c10-15(13,14)9-4-2-8(3-5-9)12-7-1-6-11-12/h2-6H,1,7H2. The highest BCUT2D eigenvalue weighted by Crippen LogP contribution is 2.21. The van der Waals surface area contributed by atoms with Crippen LogP contribution in [0.2, 0.25) is 0 Å². The monoisotopic (exact) mass is 244 g/mol. The minimum atomic E-state index is -3.63. The van der Waals surface area contributed by atoms with Gasteiger partial charge < -0.3 is 0 Å². The molecule has 15 heavy (non-hydrogen) atoms. The minimum absolute atomic E-state index is 0.107. The summed E-state index contributed by atoms with van der Waals surface area (Å²) in [5.41, 5.74) is 0.868. The van der Waals surface area contributed by atoms with Crippen molar-refractivity contribution >= 4 is 31.6 Å². The van der Waals surface area contributed by atoms with Crippen molar-refractivity contribution in [3.63, 3.8) is 0 Å². The second-order valence-corrected chi connectivity index (χ2v) is 5.71. The Balaban J connectivity index is 2.28. The van der Waals surface area contributed by atoms with Crippen molar-refractivity contribution in [2.75, 3.05) is 11.6 Å². The largest absolute Gasteiger partial charge is 0.266 e. The van der Waals surface area contributed by atoms with Crippen molar-refractivity contribution in [3.8, 4) is 0 Å². The Kier molecular flexibility index (Phi) is 2.67. The first kappa shape index (κ1) is 10.4. The molecule has 1 aromatic carbocycles. The first-order valence-electron chi connectivity index (χ1n) is 4.42. The summed E-state index contributed by atoms with van der Waals surface area (Å²) in [7, 11) is 1.57. The van der Waals surface area contributed by atoms with E-state index in [1.807, 2.05) is 11.2 Å². The molecular formula is C9H9ClN2O2S. The topological polar surface area (TPSA) is 49.7 Å². The Morgan fingerprint density at radius 1 is 1.27 bits per heavy atom. The van der Waals surface area contributed by atoms with E-state index < -0.39 is 9.05 Å². The van der Waals surface area contributed by atoms with Crippen LogP contribution in [0, 0.1) is 0 Å². The average Bonchev–Trinajstić information content (AvgIpc) is 2.69. The summed E-state index contributed by atoms with van der Waals surface area (Å²) < 4.78 is 22.0. The van der Waals surface area contributed by atoms with E-state index in [0.717, 1.165) is 18.7 Å². The van der Waals surface area contributed by atoms with E-state index in [9.17, 15) is 8.42 Å². The fraction of sp³-hybridized carbons (Fsp3) is 0.222. The number of rotatable bonds is 2. The van der Waals surface area contributed by atoms with Gasteiger partial charge in [0.1, 0.15) is 0 Å². The first-order chi connectivity index (χ1) is 7.07. The summed E-state index contributed by atoms with van der Waals surface area (Å²) in [5.74, 6) is 0. The smallest absolute Gasteiger partial charge is 0.261 e. The molecular weight excluding hydrogens is 236 g/mol. The van der Waals surface area contributed by atoms with Crippen LogP contribution in [0.5, 0.6) is 0 Å². The van der Waals surface area contributed by atoms with Gasteiger partial charge in [-0.3, -0.25) is 5.01 Å². The molecule has 0 unspecified atom stereocenters. The van der Waals surface area contributed by atoms with Gasteiger partial charge >= 0.3 is 0 Å². The van der Waals surface area contributed by atoms with Gasteiger partial charge in [-0.25, -0.2) is 8.42 Å². The zero-order valence-electron chi connectivity index (χ0n) is 7.80. The van der Waals surface area contributed by atoms with Crippen LogP contribution in [-0.2, 0) is 9.05 Å². The fourth-order valence-corrected chi connectivity index (χ4v) is 2.14. The van der Waals surface area contributed by atoms with Crippen molar-refractivity contribution in [1.82, 2.24) is 0 Å². The molecule has 0 spiro atoms. The number of benzene rings is 1. The third-order valence-corrected chi connectivity index (χ3v) is 3.48. The summed E-state index contributed by atoms with van der Waals surface area (Å²) in [5, 5.41) is 5.93. The molecule has 0 aliphatic carbocycles. The number of hydrogen-bond donors (Lipinski definition) is 0. The van der Waals surface area contributed by atoms with Crippen LogP contribution in [0.25, 0.3) is 0 Å². The van der Waals surface area contributed by atoms with Gasteiger partial charge in [-0.05, 0) is 24.3 Å². The van der Waals surface area contributed by atoms with Crippen LogP contribution in [0.4, 0.5) is 5.69 Å². The van der Waals surface area contributed by atoms with Crippen LogP contribution in [-0.4, -0.2) is 21.2 Å². The zero-order chi connectivity index (χ0) is 10.9. The number of hydrazone groups is 1. The Bertz CT molecular complexity index is 481. The van der Waals surface area contributed by atoms with Crippen LogP contribution in [0.15, 0.2) is 34.3 Å². The lowest BCUT2D eigenvalue weighted by atomic mass is 10.3. The van der Waals surface area contributed by atoms with E-state index in [4.69, 9.17) is 10.7 Å². The Labute approximate surface area is 92.6 Å². The molecule has 1 aromatic rings. The summed E-state index contributed by atoms with van der Waals surface area (Å²) in [6.07, 6.45) is 2.74. The van der Waals surface area contributed by atoms with Crippen LogP contribution >= 0.6 is 10.7 Å². The molecule has 2 rings (SSSR count). The molecule has 0 radical (unpaired) electrons. The highest BCUT2D eigenvalue weighted by Gasteiger charge is 2.12. The Morgan fingerprint density at radius 3 is 2.40 bits per heavy atom. The van der Waals surface area contributed by atoms with E-state index >= 15 is 0 Å². The lowest BCUT2D eigenvalue weighted by molar-refractivity contribution is 0.609.